The number of rotatable bonds is 5. The minimum absolute atomic E-state index is 0.158. The molecule has 0 amide bonds. The van der Waals surface area contributed by atoms with Gasteiger partial charge < -0.3 is 4.74 Å². The zero-order valence-electron chi connectivity index (χ0n) is 18.3. The number of hydrogen-bond donors (Lipinski definition) is 1. The van der Waals surface area contributed by atoms with E-state index < -0.39 is 40.8 Å². The fraction of sp³-hybridized carbons (Fsp3) is 0.591. The Labute approximate surface area is 184 Å². The van der Waals surface area contributed by atoms with Crippen LogP contribution in [0.3, 0.4) is 0 Å². The SMILES string of the molecule is CC(C)C[C@@]1(C(=O)OC(C)(C)C)C[C@H](c2cc(C(F)(F)F)ccn2)[C@H](c2nccs2)N1. The average molecular weight is 456 g/mol. The molecular weight excluding hydrogens is 427 g/mol. The Kier molecular flexibility index (Phi) is 6.49. The number of thiazole rings is 1. The molecule has 2 aromatic rings. The van der Waals surface area contributed by atoms with Gasteiger partial charge in [-0.2, -0.15) is 13.2 Å². The van der Waals surface area contributed by atoms with Gasteiger partial charge in [-0.1, -0.05) is 13.8 Å². The summed E-state index contributed by atoms with van der Waals surface area (Å²) in [6.07, 6.45) is -0.889. The molecule has 2 aromatic heterocycles. The number of hydrogen-bond acceptors (Lipinski definition) is 6. The number of nitrogens with zero attached hydrogens (tertiary/aromatic N) is 2. The van der Waals surface area contributed by atoms with Gasteiger partial charge in [0, 0.05) is 29.4 Å². The van der Waals surface area contributed by atoms with Crippen molar-refractivity contribution >= 4 is 17.3 Å². The summed E-state index contributed by atoms with van der Waals surface area (Å²) in [7, 11) is 0. The molecular formula is C22H28F3N3O2S. The summed E-state index contributed by atoms with van der Waals surface area (Å²) in [5, 5.41) is 5.94. The first-order valence-electron chi connectivity index (χ1n) is 10.2. The van der Waals surface area contributed by atoms with Gasteiger partial charge in [0.05, 0.1) is 11.6 Å². The smallest absolute Gasteiger partial charge is 0.416 e. The van der Waals surface area contributed by atoms with Gasteiger partial charge in [0.1, 0.15) is 16.1 Å². The van der Waals surface area contributed by atoms with E-state index in [1.165, 1.54) is 17.5 Å². The quantitative estimate of drug-likeness (QED) is 0.603. The Morgan fingerprint density at radius 3 is 2.55 bits per heavy atom. The lowest BCUT2D eigenvalue weighted by molar-refractivity contribution is -0.163. The molecule has 0 radical (unpaired) electrons. The van der Waals surface area contributed by atoms with Crippen molar-refractivity contribution in [3.63, 3.8) is 0 Å². The van der Waals surface area contributed by atoms with E-state index in [1.807, 2.05) is 19.2 Å². The highest BCUT2D eigenvalue weighted by molar-refractivity contribution is 7.09. The number of esters is 1. The number of carbonyl (C=O) groups is 1. The standard InChI is InChI=1S/C22H28F3N3O2S/c1-13(2)11-21(19(29)30-20(3,4)5)12-15(17(28-21)18-27-8-9-31-18)16-10-14(6-7-26-16)22(23,24)25/h6-10,13,15,17,28H,11-12H2,1-5H3/t15-,17-,21+/m1/s1. The number of aromatic nitrogens is 2. The topological polar surface area (TPSA) is 64.1 Å². The maximum absolute atomic E-state index is 13.3. The molecule has 1 aliphatic rings. The highest BCUT2D eigenvalue weighted by Gasteiger charge is 2.53. The van der Waals surface area contributed by atoms with E-state index >= 15 is 0 Å². The van der Waals surface area contributed by atoms with E-state index in [9.17, 15) is 18.0 Å². The van der Waals surface area contributed by atoms with E-state index in [1.54, 1.807) is 27.0 Å². The summed E-state index contributed by atoms with van der Waals surface area (Å²) in [6, 6.07) is 1.59. The third-order valence-corrected chi connectivity index (χ3v) is 6.01. The van der Waals surface area contributed by atoms with E-state index in [0.29, 0.717) is 11.4 Å². The molecule has 0 aliphatic carbocycles. The molecule has 1 fully saturated rings. The van der Waals surface area contributed by atoms with Gasteiger partial charge in [0.2, 0.25) is 0 Å². The van der Waals surface area contributed by atoms with Crippen LogP contribution >= 0.6 is 11.3 Å². The van der Waals surface area contributed by atoms with Crippen molar-refractivity contribution < 1.29 is 22.7 Å². The minimum Gasteiger partial charge on any atom is -0.459 e. The molecule has 0 unspecified atom stereocenters. The number of halogens is 3. The van der Waals surface area contributed by atoms with Gasteiger partial charge in [-0.05, 0) is 51.7 Å². The van der Waals surface area contributed by atoms with Crippen LogP contribution in [0.1, 0.15) is 75.7 Å². The second-order valence-corrected chi connectivity index (χ2v) is 10.4. The van der Waals surface area contributed by atoms with Gasteiger partial charge in [0.15, 0.2) is 0 Å². The van der Waals surface area contributed by atoms with Crippen molar-refractivity contribution in [2.24, 2.45) is 5.92 Å². The zero-order valence-corrected chi connectivity index (χ0v) is 19.1. The third kappa shape index (κ3) is 5.44. The molecule has 31 heavy (non-hydrogen) atoms. The van der Waals surface area contributed by atoms with Crippen molar-refractivity contribution in [2.45, 2.75) is 76.7 Å². The normalized spacial score (nSPS) is 24.5. The molecule has 0 spiro atoms. The average Bonchev–Trinajstić information content (AvgIpc) is 3.27. The Hall–Kier alpha value is -2.00. The molecule has 1 N–H and O–H groups in total. The van der Waals surface area contributed by atoms with Crippen molar-refractivity contribution in [3.8, 4) is 0 Å². The number of pyridine rings is 1. The number of carbonyl (C=O) groups excluding carboxylic acids is 1. The lowest BCUT2D eigenvalue weighted by Crippen LogP contribution is -2.52. The molecule has 9 heteroatoms. The molecule has 5 nitrogen and oxygen atoms in total. The van der Waals surface area contributed by atoms with Crippen LogP contribution in [0, 0.1) is 5.92 Å². The maximum atomic E-state index is 13.3. The highest BCUT2D eigenvalue weighted by Crippen LogP contribution is 2.48. The van der Waals surface area contributed by atoms with Crippen molar-refractivity contribution in [2.75, 3.05) is 0 Å². The summed E-state index contributed by atoms with van der Waals surface area (Å²) in [5.41, 5.74) is -2.20. The van der Waals surface area contributed by atoms with Gasteiger partial charge in [-0.3, -0.25) is 15.1 Å². The van der Waals surface area contributed by atoms with Crippen LogP contribution in [0.15, 0.2) is 29.9 Å². The molecule has 3 heterocycles. The Bertz CT molecular complexity index is 909. The summed E-state index contributed by atoms with van der Waals surface area (Å²) >= 11 is 1.40. The molecule has 0 aromatic carbocycles. The first-order valence-corrected chi connectivity index (χ1v) is 11.1. The molecule has 1 saturated heterocycles. The van der Waals surface area contributed by atoms with Gasteiger partial charge in [0.25, 0.3) is 0 Å². The fourth-order valence-corrected chi connectivity index (χ4v) is 4.87. The van der Waals surface area contributed by atoms with Crippen molar-refractivity contribution in [3.05, 3.63) is 46.2 Å². The molecule has 3 rings (SSSR count). The number of ether oxygens (including phenoxy) is 1. The molecule has 0 bridgehead atoms. The summed E-state index contributed by atoms with van der Waals surface area (Å²) in [5.74, 6) is -0.699. The monoisotopic (exact) mass is 455 g/mol. The van der Waals surface area contributed by atoms with Gasteiger partial charge >= 0.3 is 12.1 Å². The fourth-order valence-electron chi connectivity index (χ4n) is 4.12. The van der Waals surface area contributed by atoms with Crippen LogP contribution in [0.25, 0.3) is 0 Å². The molecule has 3 atom stereocenters. The second kappa shape index (κ2) is 8.50. The molecule has 1 aliphatic heterocycles. The molecule has 0 saturated carbocycles. The van der Waals surface area contributed by atoms with E-state index in [-0.39, 0.29) is 18.0 Å². The van der Waals surface area contributed by atoms with Crippen LogP contribution < -0.4 is 5.32 Å². The zero-order chi connectivity index (χ0) is 23.0. The Morgan fingerprint density at radius 1 is 1.29 bits per heavy atom. The number of alkyl halides is 3. The van der Waals surface area contributed by atoms with Gasteiger partial charge in [-0.15, -0.1) is 11.3 Å². The first-order chi connectivity index (χ1) is 14.3. The largest absolute Gasteiger partial charge is 0.459 e. The van der Waals surface area contributed by atoms with Crippen molar-refractivity contribution in [1.29, 1.82) is 0 Å². The van der Waals surface area contributed by atoms with Crippen LogP contribution in [-0.4, -0.2) is 27.1 Å². The maximum Gasteiger partial charge on any atom is 0.416 e. The second-order valence-electron chi connectivity index (χ2n) is 9.45. The Morgan fingerprint density at radius 2 is 2.00 bits per heavy atom. The summed E-state index contributed by atoms with van der Waals surface area (Å²) < 4.78 is 45.7. The van der Waals surface area contributed by atoms with Crippen LogP contribution in [-0.2, 0) is 15.7 Å². The molecule has 170 valence electrons. The van der Waals surface area contributed by atoms with Crippen LogP contribution in [0.4, 0.5) is 13.2 Å². The predicted octanol–water partition coefficient (Wildman–Crippen LogP) is 5.50. The number of nitrogens with one attached hydrogen (secondary N) is 1. The summed E-state index contributed by atoms with van der Waals surface area (Å²) in [6.45, 7) is 9.40. The predicted molar refractivity (Wildman–Crippen MR) is 113 cm³/mol. The Balaban J connectivity index is 2.06. The van der Waals surface area contributed by atoms with E-state index in [4.69, 9.17) is 4.74 Å². The van der Waals surface area contributed by atoms with E-state index in [2.05, 4.69) is 15.3 Å². The first kappa shape index (κ1) is 23.7. The lowest BCUT2D eigenvalue weighted by Gasteiger charge is -2.33. The highest BCUT2D eigenvalue weighted by atomic mass is 32.1. The van der Waals surface area contributed by atoms with E-state index in [0.717, 1.165) is 12.1 Å². The third-order valence-electron chi connectivity index (χ3n) is 5.15. The van der Waals surface area contributed by atoms with Crippen LogP contribution in [0.5, 0.6) is 0 Å². The minimum atomic E-state index is -4.47. The van der Waals surface area contributed by atoms with Gasteiger partial charge in [-0.25, -0.2) is 4.98 Å². The van der Waals surface area contributed by atoms with Crippen molar-refractivity contribution in [1.82, 2.24) is 15.3 Å². The summed E-state index contributed by atoms with van der Waals surface area (Å²) in [4.78, 5) is 22.0. The lowest BCUT2D eigenvalue weighted by atomic mass is 9.83. The van der Waals surface area contributed by atoms with Crippen LogP contribution in [0.2, 0.25) is 0 Å².